The van der Waals surface area contributed by atoms with Crippen molar-refractivity contribution in [3.63, 3.8) is 0 Å². The molecule has 1 aromatic heterocycles. The Kier molecular flexibility index (Phi) is 6.95. The Morgan fingerprint density at radius 1 is 1.32 bits per heavy atom. The van der Waals surface area contributed by atoms with Gasteiger partial charge in [0.2, 0.25) is 5.91 Å². The van der Waals surface area contributed by atoms with Crippen molar-refractivity contribution in [1.29, 1.82) is 0 Å². The number of carbonyl (C=O) groups is 1. The van der Waals surface area contributed by atoms with Gasteiger partial charge < -0.3 is 15.4 Å². The van der Waals surface area contributed by atoms with Crippen LogP contribution in [0.2, 0.25) is 0 Å². The average molecular weight is 382 g/mol. The van der Waals surface area contributed by atoms with Gasteiger partial charge in [-0.15, -0.1) is 23.7 Å². The molecule has 7 heteroatoms. The van der Waals surface area contributed by atoms with Gasteiger partial charge in [-0.1, -0.05) is 6.07 Å². The van der Waals surface area contributed by atoms with E-state index in [1.807, 2.05) is 5.38 Å². The van der Waals surface area contributed by atoms with Crippen molar-refractivity contribution >= 4 is 34.8 Å². The van der Waals surface area contributed by atoms with Gasteiger partial charge in [0.25, 0.3) is 0 Å². The molecule has 0 spiro atoms. The van der Waals surface area contributed by atoms with Gasteiger partial charge in [-0.3, -0.25) is 4.79 Å². The Morgan fingerprint density at radius 3 is 2.80 bits per heavy atom. The molecule has 1 unspecified atom stereocenters. The predicted octanol–water partition coefficient (Wildman–Crippen LogP) is 3.47. The molecule has 136 valence electrons. The van der Waals surface area contributed by atoms with Gasteiger partial charge >= 0.3 is 0 Å². The van der Waals surface area contributed by atoms with Crippen molar-refractivity contribution < 1.29 is 9.53 Å². The Hall–Kier alpha value is -1.47. The molecule has 2 N–H and O–H groups in total. The zero-order valence-corrected chi connectivity index (χ0v) is 16.4. The van der Waals surface area contributed by atoms with Gasteiger partial charge in [0.1, 0.15) is 0 Å². The standard InChI is InChI=1S/C18H23N3O2S.ClH/c1-11-6-13(3)15(7-12(11)2)16-10-24-18(20-16)21-17(22)8-14-9-23-5-4-19-14;/h6-7,10,14,19H,4-5,8-9H2,1-3H3,(H,20,21,22);1H. The summed E-state index contributed by atoms with van der Waals surface area (Å²) in [5, 5.41) is 8.82. The van der Waals surface area contributed by atoms with Crippen LogP contribution in [0, 0.1) is 20.8 Å². The van der Waals surface area contributed by atoms with Gasteiger partial charge in [0.05, 0.1) is 18.9 Å². The first kappa shape index (κ1) is 19.8. The first-order valence-corrected chi connectivity index (χ1v) is 9.05. The number of amides is 1. The van der Waals surface area contributed by atoms with Crippen LogP contribution in [0.25, 0.3) is 11.3 Å². The molecule has 1 aliphatic rings. The Labute approximate surface area is 158 Å². The van der Waals surface area contributed by atoms with Crippen molar-refractivity contribution in [2.24, 2.45) is 0 Å². The first-order chi connectivity index (χ1) is 11.5. The van der Waals surface area contributed by atoms with Gasteiger partial charge in [-0.05, 0) is 43.5 Å². The van der Waals surface area contributed by atoms with E-state index in [0.717, 1.165) is 17.8 Å². The number of halogens is 1. The molecule has 1 aromatic carbocycles. The molecule has 5 nitrogen and oxygen atoms in total. The number of benzene rings is 1. The second-order valence-electron chi connectivity index (χ2n) is 6.27. The fourth-order valence-corrected chi connectivity index (χ4v) is 3.56. The van der Waals surface area contributed by atoms with E-state index in [9.17, 15) is 4.79 Å². The minimum atomic E-state index is -0.0318. The van der Waals surface area contributed by atoms with E-state index < -0.39 is 0 Å². The van der Waals surface area contributed by atoms with E-state index in [4.69, 9.17) is 4.74 Å². The van der Waals surface area contributed by atoms with E-state index in [-0.39, 0.29) is 24.4 Å². The van der Waals surface area contributed by atoms with Crippen molar-refractivity contribution in [1.82, 2.24) is 10.3 Å². The highest BCUT2D eigenvalue weighted by atomic mass is 35.5. The van der Waals surface area contributed by atoms with E-state index in [2.05, 4.69) is 48.5 Å². The zero-order chi connectivity index (χ0) is 17.1. The lowest BCUT2D eigenvalue weighted by Gasteiger charge is -2.22. The highest BCUT2D eigenvalue weighted by Crippen LogP contribution is 2.29. The van der Waals surface area contributed by atoms with Gasteiger partial charge in [0.15, 0.2) is 5.13 Å². The Balaban J connectivity index is 0.00000225. The van der Waals surface area contributed by atoms with Crippen LogP contribution in [0.15, 0.2) is 17.5 Å². The maximum atomic E-state index is 12.2. The number of aromatic nitrogens is 1. The summed E-state index contributed by atoms with van der Waals surface area (Å²) < 4.78 is 5.37. The number of thiazole rings is 1. The summed E-state index contributed by atoms with van der Waals surface area (Å²) in [6.07, 6.45) is 0.400. The molecule has 0 bridgehead atoms. The number of anilines is 1. The molecular weight excluding hydrogens is 358 g/mol. The van der Waals surface area contributed by atoms with Crippen LogP contribution in [0.4, 0.5) is 5.13 Å². The molecule has 1 amide bonds. The SMILES string of the molecule is Cc1cc(C)c(-c2csc(NC(=O)CC3COCCN3)n2)cc1C.Cl. The topological polar surface area (TPSA) is 63.2 Å². The summed E-state index contributed by atoms with van der Waals surface area (Å²) in [6.45, 7) is 8.40. The molecular formula is C18H24ClN3O2S. The van der Waals surface area contributed by atoms with Gasteiger partial charge in [-0.2, -0.15) is 0 Å². The molecule has 3 rings (SSSR count). The number of nitrogens with one attached hydrogen (secondary N) is 2. The highest BCUT2D eigenvalue weighted by Gasteiger charge is 2.18. The van der Waals surface area contributed by atoms with Crippen molar-refractivity contribution in [3.05, 3.63) is 34.2 Å². The number of carbonyl (C=O) groups excluding carboxylic acids is 1. The second-order valence-corrected chi connectivity index (χ2v) is 7.13. The molecule has 0 aliphatic carbocycles. The molecule has 1 saturated heterocycles. The average Bonchev–Trinajstić information content (AvgIpc) is 3.00. The molecule has 1 aliphatic heterocycles. The summed E-state index contributed by atoms with van der Waals surface area (Å²) in [5.41, 5.74) is 5.76. The molecule has 1 fully saturated rings. The second kappa shape index (κ2) is 8.76. The van der Waals surface area contributed by atoms with Crippen LogP contribution in [-0.2, 0) is 9.53 Å². The smallest absolute Gasteiger partial charge is 0.227 e. The third-order valence-corrected chi connectivity index (χ3v) is 5.06. The van der Waals surface area contributed by atoms with E-state index in [0.29, 0.717) is 24.8 Å². The number of rotatable bonds is 4. The summed E-state index contributed by atoms with van der Waals surface area (Å²) in [6, 6.07) is 4.42. The molecule has 25 heavy (non-hydrogen) atoms. The number of nitrogens with zero attached hydrogens (tertiary/aromatic N) is 1. The number of hydrogen-bond donors (Lipinski definition) is 2. The largest absolute Gasteiger partial charge is 0.378 e. The van der Waals surface area contributed by atoms with Crippen molar-refractivity contribution in [2.45, 2.75) is 33.2 Å². The normalized spacial score (nSPS) is 17.0. The maximum absolute atomic E-state index is 12.2. The van der Waals surface area contributed by atoms with Crippen LogP contribution >= 0.6 is 23.7 Å². The van der Waals surface area contributed by atoms with Gasteiger partial charge in [-0.25, -0.2) is 4.98 Å². The number of morpholine rings is 1. The number of ether oxygens (including phenoxy) is 1. The van der Waals surface area contributed by atoms with Crippen LogP contribution in [0.3, 0.4) is 0 Å². The Bertz CT molecular complexity index is 742. The number of hydrogen-bond acceptors (Lipinski definition) is 5. The lowest BCUT2D eigenvalue weighted by molar-refractivity contribution is -0.117. The summed E-state index contributed by atoms with van der Waals surface area (Å²) in [7, 11) is 0. The van der Waals surface area contributed by atoms with E-state index >= 15 is 0 Å². The Morgan fingerprint density at radius 2 is 2.08 bits per heavy atom. The fraction of sp³-hybridized carbons (Fsp3) is 0.444. The van der Waals surface area contributed by atoms with Crippen LogP contribution < -0.4 is 10.6 Å². The molecule has 2 heterocycles. The van der Waals surface area contributed by atoms with E-state index in [1.165, 1.54) is 28.0 Å². The van der Waals surface area contributed by atoms with Crippen LogP contribution in [0.1, 0.15) is 23.1 Å². The number of aryl methyl sites for hydroxylation is 3. The lowest BCUT2D eigenvalue weighted by Crippen LogP contribution is -2.43. The molecule has 1 atom stereocenters. The lowest BCUT2D eigenvalue weighted by atomic mass is 9.99. The van der Waals surface area contributed by atoms with Crippen LogP contribution in [0.5, 0.6) is 0 Å². The third-order valence-electron chi connectivity index (χ3n) is 4.30. The summed E-state index contributed by atoms with van der Waals surface area (Å²) >= 11 is 1.46. The molecule has 0 saturated carbocycles. The minimum Gasteiger partial charge on any atom is -0.378 e. The first-order valence-electron chi connectivity index (χ1n) is 8.17. The van der Waals surface area contributed by atoms with E-state index in [1.54, 1.807) is 0 Å². The molecule has 0 radical (unpaired) electrons. The minimum absolute atomic E-state index is 0. The summed E-state index contributed by atoms with van der Waals surface area (Å²) in [5.74, 6) is -0.0318. The predicted molar refractivity (Wildman–Crippen MR) is 105 cm³/mol. The fourth-order valence-electron chi connectivity index (χ4n) is 2.84. The summed E-state index contributed by atoms with van der Waals surface area (Å²) in [4.78, 5) is 16.7. The quantitative estimate of drug-likeness (QED) is 0.851. The van der Waals surface area contributed by atoms with Crippen molar-refractivity contribution in [2.75, 3.05) is 25.1 Å². The van der Waals surface area contributed by atoms with Crippen LogP contribution in [-0.4, -0.2) is 36.7 Å². The third kappa shape index (κ3) is 5.01. The maximum Gasteiger partial charge on any atom is 0.227 e. The molecule has 2 aromatic rings. The monoisotopic (exact) mass is 381 g/mol. The van der Waals surface area contributed by atoms with Crippen molar-refractivity contribution in [3.8, 4) is 11.3 Å². The zero-order valence-electron chi connectivity index (χ0n) is 14.7. The van der Waals surface area contributed by atoms with Gasteiger partial charge in [0, 0.05) is 30.0 Å². The highest BCUT2D eigenvalue weighted by molar-refractivity contribution is 7.14.